The zero-order chi connectivity index (χ0) is 13.8. The highest BCUT2D eigenvalue weighted by Crippen LogP contribution is 2.21. The summed E-state index contributed by atoms with van der Waals surface area (Å²) in [5.41, 5.74) is 0.650. The topological polar surface area (TPSA) is 87.7 Å². The SMILES string of the molecule is CC(C#N)CN(C)C(=O)c1sccc1-n1cnnn1. The van der Waals surface area contributed by atoms with Crippen LogP contribution in [0.4, 0.5) is 0 Å². The molecule has 0 saturated carbocycles. The van der Waals surface area contributed by atoms with Crippen molar-refractivity contribution in [3.8, 4) is 11.8 Å². The molecule has 19 heavy (non-hydrogen) atoms. The van der Waals surface area contributed by atoms with Crippen LogP contribution in [0.3, 0.4) is 0 Å². The van der Waals surface area contributed by atoms with Crippen molar-refractivity contribution in [2.24, 2.45) is 5.92 Å². The quantitative estimate of drug-likeness (QED) is 0.829. The zero-order valence-electron chi connectivity index (χ0n) is 10.5. The molecule has 0 spiro atoms. The van der Waals surface area contributed by atoms with Crippen LogP contribution in [0.5, 0.6) is 0 Å². The Morgan fingerprint density at radius 2 is 2.47 bits per heavy atom. The average Bonchev–Trinajstić information content (AvgIpc) is 3.07. The van der Waals surface area contributed by atoms with Crippen LogP contribution in [0.2, 0.25) is 0 Å². The fraction of sp³-hybridized carbons (Fsp3) is 0.364. The van der Waals surface area contributed by atoms with Gasteiger partial charge in [-0.25, -0.2) is 0 Å². The van der Waals surface area contributed by atoms with E-state index in [-0.39, 0.29) is 11.8 Å². The van der Waals surface area contributed by atoms with E-state index in [1.54, 1.807) is 20.0 Å². The van der Waals surface area contributed by atoms with Gasteiger partial charge in [-0.3, -0.25) is 4.79 Å². The van der Waals surface area contributed by atoms with Crippen LogP contribution in [-0.2, 0) is 0 Å². The number of hydrogen-bond acceptors (Lipinski definition) is 6. The minimum Gasteiger partial charge on any atom is -0.340 e. The number of nitrogens with zero attached hydrogens (tertiary/aromatic N) is 6. The lowest BCUT2D eigenvalue weighted by molar-refractivity contribution is 0.0789. The van der Waals surface area contributed by atoms with E-state index in [0.29, 0.717) is 17.1 Å². The number of rotatable bonds is 4. The Kier molecular flexibility index (Phi) is 3.87. The molecule has 0 aromatic carbocycles. The summed E-state index contributed by atoms with van der Waals surface area (Å²) in [6.45, 7) is 2.17. The molecule has 1 unspecified atom stereocenters. The van der Waals surface area contributed by atoms with E-state index in [4.69, 9.17) is 5.26 Å². The number of nitriles is 1. The van der Waals surface area contributed by atoms with Gasteiger partial charge in [-0.1, -0.05) is 0 Å². The van der Waals surface area contributed by atoms with Crippen molar-refractivity contribution in [1.82, 2.24) is 25.1 Å². The van der Waals surface area contributed by atoms with Gasteiger partial charge in [0, 0.05) is 13.6 Å². The number of hydrogen-bond donors (Lipinski definition) is 0. The standard InChI is InChI=1S/C11H12N6OS/c1-8(5-12)6-16(2)11(18)10-9(3-4-19-10)17-7-13-14-15-17/h3-4,7-8H,6H2,1-2H3. The normalized spacial score (nSPS) is 11.8. The van der Waals surface area contributed by atoms with Gasteiger partial charge >= 0.3 is 0 Å². The molecule has 0 radical (unpaired) electrons. The summed E-state index contributed by atoms with van der Waals surface area (Å²) in [5, 5.41) is 21.5. The van der Waals surface area contributed by atoms with Crippen molar-refractivity contribution in [3.63, 3.8) is 0 Å². The molecule has 2 aromatic heterocycles. The van der Waals surface area contributed by atoms with E-state index in [9.17, 15) is 4.79 Å². The number of carbonyl (C=O) groups is 1. The molecular formula is C11H12N6OS. The fourth-order valence-corrected chi connectivity index (χ4v) is 2.49. The number of amides is 1. The molecule has 1 atom stereocenters. The van der Waals surface area contributed by atoms with Gasteiger partial charge in [0.05, 0.1) is 17.7 Å². The second kappa shape index (κ2) is 5.58. The first-order valence-corrected chi connectivity index (χ1v) is 6.47. The van der Waals surface area contributed by atoms with Gasteiger partial charge in [-0.2, -0.15) is 9.94 Å². The van der Waals surface area contributed by atoms with E-state index >= 15 is 0 Å². The second-order valence-electron chi connectivity index (χ2n) is 4.11. The summed E-state index contributed by atoms with van der Waals surface area (Å²) in [4.78, 5) is 14.4. The maximum Gasteiger partial charge on any atom is 0.265 e. The van der Waals surface area contributed by atoms with E-state index < -0.39 is 0 Å². The van der Waals surface area contributed by atoms with E-state index in [1.807, 2.05) is 5.38 Å². The molecule has 0 bridgehead atoms. The van der Waals surface area contributed by atoms with Crippen molar-refractivity contribution in [2.45, 2.75) is 6.92 Å². The third-order valence-corrected chi connectivity index (χ3v) is 3.44. The summed E-state index contributed by atoms with van der Waals surface area (Å²) >= 11 is 1.33. The summed E-state index contributed by atoms with van der Waals surface area (Å²) < 4.78 is 1.45. The summed E-state index contributed by atoms with van der Waals surface area (Å²) in [7, 11) is 1.68. The highest BCUT2D eigenvalue weighted by atomic mass is 32.1. The maximum atomic E-state index is 12.3. The average molecular weight is 276 g/mol. The van der Waals surface area contributed by atoms with Crippen LogP contribution in [0.1, 0.15) is 16.6 Å². The predicted molar refractivity (Wildman–Crippen MR) is 68.8 cm³/mol. The fourth-order valence-electron chi connectivity index (χ4n) is 1.62. The van der Waals surface area contributed by atoms with Crippen molar-refractivity contribution < 1.29 is 4.79 Å². The monoisotopic (exact) mass is 276 g/mol. The Morgan fingerprint density at radius 3 is 3.11 bits per heavy atom. The first-order chi connectivity index (χ1) is 9.13. The van der Waals surface area contributed by atoms with E-state index in [1.165, 1.54) is 27.2 Å². The van der Waals surface area contributed by atoms with E-state index in [2.05, 4.69) is 21.6 Å². The zero-order valence-corrected chi connectivity index (χ0v) is 11.3. The number of carbonyl (C=O) groups excluding carboxylic acids is 1. The molecule has 0 aliphatic rings. The Labute approximate surface area is 114 Å². The minimum atomic E-state index is -0.203. The second-order valence-corrected chi connectivity index (χ2v) is 5.02. The highest BCUT2D eigenvalue weighted by Gasteiger charge is 2.20. The Hall–Kier alpha value is -2.27. The van der Waals surface area contributed by atoms with Crippen LogP contribution in [-0.4, -0.2) is 44.6 Å². The van der Waals surface area contributed by atoms with Gasteiger partial charge in [0.15, 0.2) is 0 Å². The molecule has 0 N–H and O–H groups in total. The van der Waals surface area contributed by atoms with E-state index in [0.717, 1.165) is 0 Å². The van der Waals surface area contributed by atoms with Crippen LogP contribution >= 0.6 is 11.3 Å². The molecule has 98 valence electrons. The summed E-state index contributed by atoms with van der Waals surface area (Å²) in [6, 6.07) is 3.90. The Balaban J connectivity index is 2.21. The van der Waals surface area contributed by atoms with Crippen LogP contribution in [0.25, 0.3) is 5.69 Å². The van der Waals surface area contributed by atoms with Crippen molar-refractivity contribution in [3.05, 3.63) is 22.7 Å². The third kappa shape index (κ3) is 2.77. The molecule has 7 nitrogen and oxygen atoms in total. The number of tetrazole rings is 1. The molecule has 0 aliphatic heterocycles. The van der Waals surface area contributed by atoms with Gasteiger partial charge in [0.2, 0.25) is 0 Å². The van der Waals surface area contributed by atoms with Gasteiger partial charge < -0.3 is 4.90 Å². The first kappa shape index (κ1) is 13.2. The number of aromatic nitrogens is 4. The lowest BCUT2D eigenvalue weighted by atomic mass is 10.2. The van der Waals surface area contributed by atoms with Gasteiger partial charge in [0.1, 0.15) is 11.2 Å². The van der Waals surface area contributed by atoms with Crippen LogP contribution < -0.4 is 0 Å². The van der Waals surface area contributed by atoms with Gasteiger partial charge in [-0.15, -0.1) is 16.4 Å². The predicted octanol–water partition coefficient (Wildman–Crippen LogP) is 0.955. The maximum absolute atomic E-state index is 12.3. The van der Waals surface area contributed by atoms with Crippen LogP contribution in [0, 0.1) is 17.2 Å². The molecule has 2 aromatic rings. The highest BCUT2D eigenvalue weighted by molar-refractivity contribution is 7.12. The molecule has 1 amide bonds. The van der Waals surface area contributed by atoms with Crippen LogP contribution in [0.15, 0.2) is 17.8 Å². The molecule has 0 fully saturated rings. The summed E-state index contributed by atoms with van der Waals surface area (Å²) in [6.07, 6.45) is 1.44. The van der Waals surface area contributed by atoms with Crippen molar-refractivity contribution in [1.29, 1.82) is 5.26 Å². The molecular weight excluding hydrogens is 264 g/mol. The lowest BCUT2D eigenvalue weighted by Gasteiger charge is -2.18. The largest absolute Gasteiger partial charge is 0.340 e. The minimum absolute atomic E-state index is 0.136. The van der Waals surface area contributed by atoms with Crippen molar-refractivity contribution >= 4 is 17.2 Å². The molecule has 8 heteroatoms. The molecule has 2 rings (SSSR count). The van der Waals surface area contributed by atoms with Crippen molar-refractivity contribution in [2.75, 3.05) is 13.6 Å². The Bertz CT molecular complexity index is 599. The summed E-state index contributed by atoms with van der Waals surface area (Å²) in [5.74, 6) is -0.340. The van der Waals surface area contributed by atoms with Gasteiger partial charge in [-0.05, 0) is 28.8 Å². The smallest absolute Gasteiger partial charge is 0.265 e. The molecule has 0 saturated heterocycles. The lowest BCUT2D eigenvalue weighted by Crippen LogP contribution is -2.30. The third-order valence-electron chi connectivity index (χ3n) is 2.55. The van der Waals surface area contributed by atoms with Gasteiger partial charge in [0.25, 0.3) is 5.91 Å². The number of thiophene rings is 1. The Morgan fingerprint density at radius 1 is 1.68 bits per heavy atom. The first-order valence-electron chi connectivity index (χ1n) is 5.59. The molecule has 0 aliphatic carbocycles. The molecule has 2 heterocycles.